The van der Waals surface area contributed by atoms with Crippen molar-refractivity contribution in [3.05, 3.63) is 67.2 Å². The molecule has 0 aliphatic carbocycles. The van der Waals surface area contributed by atoms with Crippen LogP contribution in [-0.4, -0.2) is 48.7 Å². The third-order valence-corrected chi connectivity index (χ3v) is 6.38. The minimum absolute atomic E-state index is 0.590. The number of aromatic nitrogens is 6. The molecule has 1 aliphatic rings. The maximum Gasteiger partial charge on any atom is 0.197 e. The van der Waals surface area contributed by atoms with Gasteiger partial charge in [0.1, 0.15) is 5.52 Å². The van der Waals surface area contributed by atoms with Gasteiger partial charge < -0.3 is 29.6 Å². The first-order valence-electron chi connectivity index (χ1n) is 12.0. The van der Waals surface area contributed by atoms with Gasteiger partial charge >= 0.3 is 0 Å². The third kappa shape index (κ3) is 5.05. The van der Waals surface area contributed by atoms with E-state index in [1.807, 2.05) is 33.9 Å². The number of hydrogen-bond donors (Lipinski definition) is 3. The van der Waals surface area contributed by atoms with Gasteiger partial charge in [0.25, 0.3) is 0 Å². The minimum atomic E-state index is 0.590. The Morgan fingerprint density at radius 3 is 2.50 bits per heavy atom. The number of nitrogens with zero attached hydrogens (tertiary/aromatic N) is 5. The highest BCUT2D eigenvalue weighted by atomic mass is 16.3. The van der Waals surface area contributed by atoms with Crippen LogP contribution in [0, 0.1) is 0 Å². The molecule has 0 unspecified atom stereocenters. The van der Waals surface area contributed by atoms with Crippen LogP contribution in [0.1, 0.15) is 36.6 Å². The highest BCUT2D eigenvalue weighted by molar-refractivity contribution is 6.04. The normalized spacial score (nSPS) is 14.5. The molecule has 5 aromatic rings. The third-order valence-electron chi connectivity index (χ3n) is 6.38. The molecule has 0 radical (unpaired) electrons. The van der Waals surface area contributed by atoms with Gasteiger partial charge in [-0.05, 0) is 62.5 Å². The van der Waals surface area contributed by atoms with Crippen molar-refractivity contribution in [1.82, 2.24) is 34.4 Å². The zero-order valence-electron chi connectivity index (χ0n) is 19.4. The molecule has 0 atom stereocenters. The number of H-pyrrole nitrogens is 1. The lowest BCUT2D eigenvalue weighted by Crippen LogP contribution is -2.26. The van der Waals surface area contributed by atoms with E-state index in [-0.39, 0.29) is 0 Å². The van der Waals surface area contributed by atoms with Gasteiger partial charge in [-0.2, -0.15) is 0 Å². The number of aromatic amines is 1. The van der Waals surface area contributed by atoms with Gasteiger partial charge in [0, 0.05) is 61.4 Å². The van der Waals surface area contributed by atoms with Crippen molar-refractivity contribution in [2.75, 3.05) is 19.6 Å². The number of hydrogen-bond acceptors (Lipinski definition) is 6. The summed E-state index contributed by atoms with van der Waals surface area (Å²) in [6, 6.07) is 4.13. The SMILES string of the molecule is NCCCn1ccnc1.c1cn(CCc2nc3c(ccc4[nH]cc(C5CCNCC5)c43)o2)cn1. The van der Waals surface area contributed by atoms with Crippen molar-refractivity contribution < 1.29 is 4.42 Å². The van der Waals surface area contributed by atoms with E-state index in [0.29, 0.717) is 5.92 Å². The van der Waals surface area contributed by atoms with E-state index in [0.717, 1.165) is 68.1 Å². The Labute approximate surface area is 198 Å². The molecule has 4 aromatic heterocycles. The molecule has 1 fully saturated rings. The maximum absolute atomic E-state index is 6.02. The average molecular weight is 461 g/mol. The second kappa shape index (κ2) is 10.7. The van der Waals surface area contributed by atoms with Crippen LogP contribution in [-0.2, 0) is 19.5 Å². The topological polar surface area (TPSA) is 116 Å². The van der Waals surface area contributed by atoms with Crippen molar-refractivity contribution in [3.8, 4) is 0 Å². The van der Waals surface area contributed by atoms with E-state index < -0.39 is 0 Å². The van der Waals surface area contributed by atoms with Crippen LogP contribution in [0.15, 0.2) is 60.2 Å². The fraction of sp³-hybridized carbons (Fsp3) is 0.400. The molecule has 0 saturated carbocycles. The molecule has 4 N–H and O–H groups in total. The second-order valence-corrected chi connectivity index (χ2v) is 8.70. The molecular weight excluding hydrogens is 428 g/mol. The summed E-state index contributed by atoms with van der Waals surface area (Å²) in [4.78, 5) is 16.2. The van der Waals surface area contributed by atoms with Crippen LogP contribution in [0.25, 0.3) is 22.0 Å². The Kier molecular flexibility index (Phi) is 7.02. The summed E-state index contributed by atoms with van der Waals surface area (Å²) < 4.78 is 10.1. The zero-order valence-corrected chi connectivity index (χ0v) is 19.4. The molecule has 1 saturated heterocycles. The lowest BCUT2D eigenvalue weighted by Gasteiger charge is -2.22. The van der Waals surface area contributed by atoms with Crippen LogP contribution in [0.4, 0.5) is 0 Å². The van der Waals surface area contributed by atoms with Crippen molar-refractivity contribution >= 4 is 22.0 Å². The molecule has 0 amide bonds. The first-order valence-corrected chi connectivity index (χ1v) is 12.0. The number of imidazole rings is 2. The summed E-state index contributed by atoms with van der Waals surface area (Å²) in [5, 5.41) is 4.68. The smallest absolute Gasteiger partial charge is 0.197 e. The Balaban J connectivity index is 0.000000227. The number of piperidine rings is 1. The van der Waals surface area contributed by atoms with E-state index in [1.165, 1.54) is 23.8 Å². The Bertz CT molecular complexity index is 1280. The van der Waals surface area contributed by atoms with Crippen molar-refractivity contribution in [2.24, 2.45) is 5.73 Å². The van der Waals surface area contributed by atoms with Crippen molar-refractivity contribution in [1.29, 1.82) is 0 Å². The lowest BCUT2D eigenvalue weighted by atomic mass is 9.90. The number of fused-ring (bicyclic) bond motifs is 3. The first kappa shape index (κ1) is 22.4. The largest absolute Gasteiger partial charge is 0.441 e. The average Bonchev–Trinajstić information content (AvgIpc) is 3.68. The summed E-state index contributed by atoms with van der Waals surface area (Å²) in [6.45, 7) is 4.73. The highest BCUT2D eigenvalue weighted by Crippen LogP contribution is 2.35. The molecule has 9 heteroatoms. The van der Waals surface area contributed by atoms with Crippen molar-refractivity contribution in [2.45, 2.75) is 44.7 Å². The van der Waals surface area contributed by atoms with E-state index in [4.69, 9.17) is 15.1 Å². The molecule has 178 valence electrons. The second-order valence-electron chi connectivity index (χ2n) is 8.70. The maximum atomic E-state index is 6.02. The fourth-order valence-corrected chi connectivity index (χ4v) is 4.58. The van der Waals surface area contributed by atoms with E-state index in [1.54, 1.807) is 18.7 Å². The minimum Gasteiger partial charge on any atom is -0.441 e. The zero-order chi connectivity index (χ0) is 23.2. The van der Waals surface area contributed by atoms with Crippen LogP contribution < -0.4 is 11.1 Å². The van der Waals surface area contributed by atoms with Gasteiger partial charge in [-0.15, -0.1) is 0 Å². The Morgan fingerprint density at radius 2 is 1.79 bits per heavy atom. The van der Waals surface area contributed by atoms with Crippen molar-refractivity contribution in [3.63, 3.8) is 0 Å². The quantitative estimate of drug-likeness (QED) is 0.343. The lowest BCUT2D eigenvalue weighted by molar-refractivity contribution is 0.462. The summed E-state index contributed by atoms with van der Waals surface area (Å²) >= 11 is 0. The molecule has 0 bridgehead atoms. The van der Waals surface area contributed by atoms with Crippen LogP contribution in [0.2, 0.25) is 0 Å². The number of rotatable bonds is 7. The Morgan fingerprint density at radius 1 is 1.03 bits per heavy atom. The van der Waals surface area contributed by atoms with Gasteiger partial charge in [-0.3, -0.25) is 0 Å². The molecule has 5 heterocycles. The molecule has 9 nitrogen and oxygen atoms in total. The summed E-state index contributed by atoms with van der Waals surface area (Å²) in [6.07, 6.45) is 17.4. The molecule has 1 aliphatic heterocycles. The monoisotopic (exact) mass is 460 g/mol. The number of nitrogens with one attached hydrogen (secondary N) is 2. The fourth-order valence-electron chi connectivity index (χ4n) is 4.58. The highest BCUT2D eigenvalue weighted by Gasteiger charge is 2.21. The van der Waals surface area contributed by atoms with Crippen LogP contribution in [0.5, 0.6) is 0 Å². The van der Waals surface area contributed by atoms with Gasteiger partial charge in [-0.1, -0.05) is 0 Å². The first-order chi connectivity index (χ1) is 16.8. The summed E-state index contributed by atoms with van der Waals surface area (Å²) in [7, 11) is 0. The van der Waals surface area contributed by atoms with Gasteiger partial charge in [0.2, 0.25) is 0 Å². The van der Waals surface area contributed by atoms with Gasteiger partial charge in [0.05, 0.1) is 12.7 Å². The van der Waals surface area contributed by atoms with Crippen LogP contribution >= 0.6 is 0 Å². The molecular formula is C25H32N8O. The molecule has 1 aromatic carbocycles. The summed E-state index contributed by atoms with van der Waals surface area (Å²) in [5.74, 6) is 1.38. The predicted molar refractivity (Wildman–Crippen MR) is 133 cm³/mol. The number of oxazole rings is 1. The van der Waals surface area contributed by atoms with Crippen LogP contribution in [0.3, 0.4) is 0 Å². The van der Waals surface area contributed by atoms with Gasteiger partial charge in [-0.25, -0.2) is 15.0 Å². The molecule has 0 spiro atoms. The standard InChI is InChI=1S/C19H21N5O.C6H11N3/c1-2-16-19(23-17(25-16)5-9-24-10-8-21-12-24)18-14(11-22-15(1)18)13-3-6-20-7-4-13;7-2-1-4-9-5-3-8-6-9/h1-2,8,10-13,20,22H,3-7,9H2;3,5-6H,1-2,4,7H2. The van der Waals surface area contributed by atoms with E-state index in [2.05, 4.69) is 32.5 Å². The number of benzene rings is 1. The number of aryl methyl sites for hydroxylation is 3. The van der Waals surface area contributed by atoms with Gasteiger partial charge in [0.15, 0.2) is 11.5 Å². The summed E-state index contributed by atoms with van der Waals surface area (Å²) in [5.41, 5.74) is 9.72. The Hall–Kier alpha value is -3.43. The number of nitrogens with two attached hydrogens (primary N) is 1. The predicted octanol–water partition coefficient (Wildman–Crippen LogP) is 3.45. The van der Waals surface area contributed by atoms with E-state index in [9.17, 15) is 0 Å². The molecule has 6 rings (SSSR count). The molecule has 34 heavy (non-hydrogen) atoms. The van der Waals surface area contributed by atoms with E-state index >= 15 is 0 Å².